The fourth-order valence-electron chi connectivity index (χ4n) is 2.02. The van der Waals surface area contributed by atoms with Crippen LogP contribution in [0.1, 0.15) is 25.0 Å². The zero-order chi connectivity index (χ0) is 13.3. The molecule has 1 N–H and O–H groups in total. The molecule has 92 valence electrons. The normalized spacial score (nSPS) is 11.4. The Kier molecular flexibility index (Phi) is 2.96. The second-order valence-electron chi connectivity index (χ2n) is 5.38. The van der Waals surface area contributed by atoms with Gasteiger partial charge in [-0.15, -0.1) is 0 Å². The van der Waals surface area contributed by atoms with E-state index >= 15 is 0 Å². The van der Waals surface area contributed by atoms with Crippen molar-refractivity contribution >= 4 is 10.9 Å². The van der Waals surface area contributed by atoms with E-state index in [2.05, 4.69) is 11.1 Å². The molecule has 1 aromatic heterocycles. The lowest BCUT2D eigenvalue weighted by Gasteiger charge is -2.15. The van der Waals surface area contributed by atoms with Gasteiger partial charge in [-0.1, -0.05) is 6.07 Å². The number of fused-ring (bicyclic) bond motifs is 1. The molecular weight excluding hydrogens is 224 g/mol. The number of hydrogen-bond donors (Lipinski definition) is 1. The molecule has 3 nitrogen and oxygen atoms in total. The summed E-state index contributed by atoms with van der Waals surface area (Å²) in [6.45, 7) is 5.65. The van der Waals surface area contributed by atoms with E-state index in [1.807, 2.05) is 38.1 Å². The molecule has 0 fully saturated rings. The first-order chi connectivity index (χ1) is 8.41. The Morgan fingerprint density at radius 3 is 2.72 bits per heavy atom. The Bertz CT molecular complexity index is 690. The number of H-pyrrole nitrogens is 1. The fraction of sp³-hybridized carbons (Fsp3) is 0.333. The van der Waals surface area contributed by atoms with Crippen LogP contribution in [0.5, 0.6) is 0 Å². The van der Waals surface area contributed by atoms with Crippen LogP contribution in [-0.2, 0) is 6.42 Å². The average molecular weight is 240 g/mol. The largest absolute Gasteiger partial charge is 0.322 e. The minimum Gasteiger partial charge on any atom is -0.322 e. The number of nitriles is 1. The van der Waals surface area contributed by atoms with E-state index in [-0.39, 0.29) is 11.0 Å². The van der Waals surface area contributed by atoms with Crippen LogP contribution in [-0.4, -0.2) is 4.98 Å². The summed E-state index contributed by atoms with van der Waals surface area (Å²) < 4.78 is 0. The molecule has 2 rings (SSSR count). The zero-order valence-electron chi connectivity index (χ0n) is 10.9. The van der Waals surface area contributed by atoms with Crippen LogP contribution in [0, 0.1) is 23.7 Å². The number of nitrogens with zero attached hydrogens (tertiary/aromatic N) is 1. The SMILES string of the molecule is Cc1cc2cc(CC(C)(C)C#N)ccc2[nH]c1=O. The lowest BCUT2D eigenvalue weighted by Crippen LogP contribution is -2.12. The highest BCUT2D eigenvalue weighted by atomic mass is 16.1. The summed E-state index contributed by atoms with van der Waals surface area (Å²) in [4.78, 5) is 14.3. The molecule has 0 saturated carbocycles. The number of nitrogens with one attached hydrogen (secondary N) is 1. The number of hydrogen-bond acceptors (Lipinski definition) is 2. The molecule has 0 radical (unpaired) electrons. The first-order valence-corrected chi connectivity index (χ1v) is 5.95. The summed E-state index contributed by atoms with van der Waals surface area (Å²) in [7, 11) is 0. The smallest absolute Gasteiger partial charge is 0.251 e. The monoisotopic (exact) mass is 240 g/mol. The second kappa shape index (κ2) is 4.30. The molecule has 3 heteroatoms. The van der Waals surface area contributed by atoms with Gasteiger partial charge in [-0.05, 0) is 56.3 Å². The van der Waals surface area contributed by atoms with Gasteiger partial charge in [0.05, 0.1) is 11.5 Å². The summed E-state index contributed by atoms with van der Waals surface area (Å²) >= 11 is 0. The average Bonchev–Trinajstić information content (AvgIpc) is 2.31. The zero-order valence-corrected chi connectivity index (χ0v) is 10.9. The molecule has 0 bridgehead atoms. The third kappa shape index (κ3) is 2.43. The van der Waals surface area contributed by atoms with Crippen LogP contribution < -0.4 is 5.56 Å². The predicted molar refractivity (Wildman–Crippen MR) is 72.4 cm³/mol. The number of rotatable bonds is 2. The standard InChI is InChI=1S/C15H16N2O/c1-10-6-12-7-11(8-15(2,3)9-16)4-5-13(12)17-14(10)18/h4-7H,8H2,1-3H3,(H,17,18). The minimum atomic E-state index is -0.370. The number of benzene rings is 1. The molecule has 0 aliphatic rings. The Hall–Kier alpha value is -2.08. The predicted octanol–water partition coefficient (Wildman–Crippen LogP) is 2.93. The first-order valence-electron chi connectivity index (χ1n) is 5.95. The van der Waals surface area contributed by atoms with Crippen LogP contribution in [0.3, 0.4) is 0 Å². The fourth-order valence-corrected chi connectivity index (χ4v) is 2.02. The van der Waals surface area contributed by atoms with Gasteiger partial charge in [0.15, 0.2) is 0 Å². The summed E-state index contributed by atoms with van der Waals surface area (Å²) in [5.41, 5.74) is 2.24. The molecule has 0 aliphatic heterocycles. The highest BCUT2D eigenvalue weighted by Crippen LogP contribution is 2.22. The maximum atomic E-state index is 11.5. The summed E-state index contributed by atoms with van der Waals surface area (Å²) in [6.07, 6.45) is 0.706. The topological polar surface area (TPSA) is 56.6 Å². The molecule has 0 aliphatic carbocycles. The van der Waals surface area contributed by atoms with Crippen LogP contribution in [0.4, 0.5) is 0 Å². The Morgan fingerprint density at radius 1 is 1.33 bits per heavy atom. The molecule has 0 unspecified atom stereocenters. The van der Waals surface area contributed by atoms with Gasteiger partial charge in [0, 0.05) is 11.1 Å². The van der Waals surface area contributed by atoms with Crippen molar-refractivity contribution < 1.29 is 0 Å². The molecular formula is C15H16N2O. The van der Waals surface area contributed by atoms with E-state index in [1.54, 1.807) is 6.92 Å². The van der Waals surface area contributed by atoms with Crippen LogP contribution in [0.15, 0.2) is 29.1 Å². The number of aromatic amines is 1. The van der Waals surface area contributed by atoms with Crippen molar-refractivity contribution in [2.45, 2.75) is 27.2 Å². The first kappa shape index (κ1) is 12.4. The molecule has 18 heavy (non-hydrogen) atoms. The van der Waals surface area contributed by atoms with Crippen LogP contribution in [0.2, 0.25) is 0 Å². The number of aryl methyl sites for hydroxylation is 1. The van der Waals surface area contributed by atoms with E-state index in [4.69, 9.17) is 5.26 Å². The van der Waals surface area contributed by atoms with Crippen molar-refractivity contribution in [1.29, 1.82) is 5.26 Å². The summed E-state index contributed by atoms with van der Waals surface area (Å²) in [5.74, 6) is 0. The van der Waals surface area contributed by atoms with Gasteiger partial charge < -0.3 is 4.98 Å². The van der Waals surface area contributed by atoms with Crippen molar-refractivity contribution in [3.63, 3.8) is 0 Å². The third-order valence-electron chi connectivity index (χ3n) is 3.04. The number of aromatic nitrogens is 1. The highest BCUT2D eigenvalue weighted by Gasteiger charge is 2.17. The molecule has 0 atom stereocenters. The van der Waals surface area contributed by atoms with Gasteiger partial charge in [-0.2, -0.15) is 5.26 Å². The maximum Gasteiger partial charge on any atom is 0.251 e. The third-order valence-corrected chi connectivity index (χ3v) is 3.04. The maximum absolute atomic E-state index is 11.5. The minimum absolute atomic E-state index is 0.0485. The van der Waals surface area contributed by atoms with E-state index in [9.17, 15) is 4.79 Å². The van der Waals surface area contributed by atoms with Gasteiger partial charge >= 0.3 is 0 Å². The highest BCUT2D eigenvalue weighted by molar-refractivity contribution is 5.79. The van der Waals surface area contributed by atoms with Gasteiger partial charge in [-0.3, -0.25) is 4.79 Å². The van der Waals surface area contributed by atoms with Gasteiger partial charge in [-0.25, -0.2) is 0 Å². The number of pyridine rings is 1. The molecule has 0 amide bonds. The van der Waals surface area contributed by atoms with E-state index in [1.165, 1.54) is 0 Å². The molecule has 2 aromatic rings. The van der Waals surface area contributed by atoms with Gasteiger partial charge in [0.2, 0.25) is 0 Å². The summed E-state index contributed by atoms with van der Waals surface area (Å²) in [6, 6.07) is 10.1. The van der Waals surface area contributed by atoms with Crippen molar-refractivity contribution in [2.75, 3.05) is 0 Å². The Labute approximate surface area is 106 Å². The molecule has 0 saturated heterocycles. The van der Waals surface area contributed by atoms with E-state index in [0.717, 1.165) is 16.5 Å². The van der Waals surface area contributed by atoms with Crippen molar-refractivity contribution in [2.24, 2.45) is 5.41 Å². The van der Waals surface area contributed by atoms with Crippen LogP contribution in [0.25, 0.3) is 10.9 Å². The molecule has 1 heterocycles. The lowest BCUT2D eigenvalue weighted by molar-refractivity contribution is 0.494. The Balaban J connectivity index is 2.48. The lowest BCUT2D eigenvalue weighted by atomic mass is 9.87. The van der Waals surface area contributed by atoms with E-state index < -0.39 is 0 Å². The van der Waals surface area contributed by atoms with E-state index in [0.29, 0.717) is 12.0 Å². The van der Waals surface area contributed by atoms with Crippen molar-refractivity contribution in [3.05, 3.63) is 45.7 Å². The summed E-state index contributed by atoms with van der Waals surface area (Å²) in [5, 5.41) is 10.1. The van der Waals surface area contributed by atoms with Gasteiger partial charge in [0.1, 0.15) is 0 Å². The molecule has 0 spiro atoms. The quantitative estimate of drug-likeness (QED) is 0.877. The van der Waals surface area contributed by atoms with Crippen LogP contribution >= 0.6 is 0 Å². The van der Waals surface area contributed by atoms with Gasteiger partial charge in [0.25, 0.3) is 5.56 Å². The second-order valence-corrected chi connectivity index (χ2v) is 5.38. The van der Waals surface area contributed by atoms with Crippen molar-refractivity contribution in [3.8, 4) is 6.07 Å². The molecule has 1 aromatic carbocycles. The van der Waals surface area contributed by atoms with Crippen molar-refractivity contribution in [1.82, 2.24) is 4.98 Å². The Morgan fingerprint density at radius 2 is 2.06 bits per heavy atom.